The van der Waals surface area contributed by atoms with E-state index in [4.69, 9.17) is 0 Å². The Hall–Kier alpha value is -0.590. The van der Waals surface area contributed by atoms with Gasteiger partial charge in [0.15, 0.2) is 5.78 Å². The molecule has 1 aliphatic carbocycles. The Morgan fingerprint density at radius 3 is 1.42 bits per heavy atom. The van der Waals surface area contributed by atoms with E-state index in [2.05, 4.69) is 20.8 Å². The highest BCUT2D eigenvalue weighted by atomic mass is 16.1. The molecule has 68 valence electrons. The van der Waals surface area contributed by atoms with E-state index in [0.29, 0.717) is 5.78 Å². The molecule has 0 heterocycles. The zero-order valence-electron chi connectivity index (χ0n) is 8.91. The van der Waals surface area contributed by atoms with E-state index in [9.17, 15) is 4.79 Å². The predicted octanol–water partition coefficient (Wildman–Crippen LogP) is 2.96. The van der Waals surface area contributed by atoms with Gasteiger partial charge >= 0.3 is 0 Å². The van der Waals surface area contributed by atoms with Crippen LogP contribution in [0.3, 0.4) is 0 Å². The van der Waals surface area contributed by atoms with Gasteiger partial charge in [-0.15, -0.1) is 0 Å². The van der Waals surface area contributed by atoms with Crippen LogP contribution in [-0.2, 0) is 4.79 Å². The van der Waals surface area contributed by atoms with Crippen molar-refractivity contribution in [1.29, 1.82) is 0 Å². The zero-order valence-corrected chi connectivity index (χ0v) is 8.91. The van der Waals surface area contributed by atoms with Crippen LogP contribution in [0.1, 0.15) is 41.5 Å². The fourth-order valence-electron chi connectivity index (χ4n) is 1.86. The fourth-order valence-corrected chi connectivity index (χ4v) is 1.86. The summed E-state index contributed by atoms with van der Waals surface area (Å²) in [7, 11) is 0. The van der Waals surface area contributed by atoms with Crippen LogP contribution in [0.2, 0.25) is 0 Å². The average Bonchev–Trinajstić information content (AvgIpc) is 2.05. The molecule has 0 aromatic carbocycles. The highest BCUT2D eigenvalue weighted by molar-refractivity contribution is 6.03. The molecule has 0 aromatic rings. The quantitative estimate of drug-likeness (QED) is 0.540. The Bertz CT molecular complexity index is 267. The van der Waals surface area contributed by atoms with Gasteiger partial charge in [0.1, 0.15) is 0 Å². The van der Waals surface area contributed by atoms with E-state index in [1.807, 2.05) is 20.8 Å². The SMILES string of the molecule is CC1=C(C)C(C)(C)C(C)(C)C1=O. The van der Waals surface area contributed by atoms with Crippen LogP contribution in [0, 0.1) is 10.8 Å². The smallest absolute Gasteiger partial charge is 0.164 e. The minimum Gasteiger partial charge on any atom is -0.294 e. The number of allylic oxidation sites excluding steroid dienone is 2. The molecule has 0 aliphatic heterocycles. The number of hydrogen-bond donors (Lipinski definition) is 0. The largest absolute Gasteiger partial charge is 0.294 e. The van der Waals surface area contributed by atoms with Gasteiger partial charge in [0.05, 0.1) is 0 Å². The van der Waals surface area contributed by atoms with E-state index in [-0.39, 0.29) is 10.8 Å². The van der Waals surface area contributed by atoms with Gasteiger partial charge < -0.3 is 0 Å². The van der Waals surface area contributed by atoms with E-state index in [1.165, 1.54) is 5.57 Å². The van der Waals surface area contributed by atoms with Crippen LogP contribution in [0.4, 0.5) is 0 Å². The topological polar surface area (TPSA) is 17.1 Å². The predicted molar refractivity (Wildman–Crippen MR) is 50.9 cm³/mol. The molecule has 0 radical (unpaired) electrons. The van der Waals surface area contributed by atoms with Gasteiger partial charge in [0.2, 0.25) is 0 Å². The van der Waals surface area contributed by atoms with E-state index in [0.717, 1.165) is 5.57 Å². The molecule has 0 atom stereocenters. The van der Waals surface area contributed by atoms with Crippen LogP contribution in [0.25, 0.3) is 0 Å². The van der Waals surface area contributed by atoms with Gasteiger partial charge in [-0.1, -0.05) is 33.3 Å². The van der Waals surface area contributed by atoms with Crippen LogP contribution in [0.5, 0.6) is 0 Å². The Morgan fingerprint density at radius 1 is 0.917 bits per heavy atom. The van der Waals surface area contributed by atoms with Crippen molar-refractivity contribution in [3.8, 4) is 0 Å². The summed E-state index contributed by atoms with van der Waals surface area (Å²) in [5.41, 5.74) is 2.01. The van der Waals surface area contributed by atoms with Gasteiger partial charge in [0.25, 0.3) is 0 Å². The molecule has 1 heteroatoms. The number of rotatable bonds is 0. The van der Waals surface area contributed by atoms with Crippen molar-refractivity contribution in [2.24, 2.45) is 10.8 Å². The molecule has 1 nitrogen and oxygen atoms in total. The second-order valence-corrected chi connectivity index (χ2v) is 4.83. The first-order valence-electron chi connectivity index (χ1n) is 4.45. The first kappa shape index (κ1) is 9.50. The highest BCUT2D eigenvalue weighted by Crippen LogP contribution is 2.52. The minimum absolute atomic E-state index is 0.0220. The molecule has 0 aromatic heterocycles. The van der Waals surface area contributed by atoms with Gasteiger partial charge in [0, 0.05) is 5.41 Å². The Morgan fingerprint density at radius 2 is 1.33 bits per heavy atom. The summed E-state index contributed by atoms with van der Waals surface area (Å²) in [6, 6.07) is 0. The maximum atomic E-state index is 11.8. The van der Waals surface area contributed by atoms with Gasteiger partial charge in [-0.2, -0.15) is 0 Å². The lowest BCUT2D eigenvalue weighted by atomic mass is 9.67. The van der Waals surface area contributed by atoms with Crippen LogP contribution < -0.4 is 0 Å². The molecule has 0 unspecified atom stereocenters. The molecular weight excluding hydrogens is 148 g/mol. The Balaban J connectivity index is 3.31. The maximum Gasteiger partial charge on any atom is 0.164 e. The summed E-state index contributed by atoms with van der Waals surface area (Å²) >= 11 is 0. The third-order valence-corrected chi connectivity index (χ3v) is 3.97. The lowest BCUT2D eigenvalue weighted by molar-refractivity contribution is -0.125. The minimum atomic E-state index is -0.221. The lowest BCUT2D eigenvalue weighted by Crippen LogP contribution is -2.34. The summed E-state index contributed by atoms with van der Waals surface area (Å²) in [6.45, 7) is 12.4. The van der Waals surface area contributed by atoms with E-state index in [1.54, 1.807) is 0 Å². The molecule has 0 amide bonds. The normalized spacial score (nSPS) is 26.7. The molecule has 0 N–H and O–H groups in total. The van der Waals surface area contributed by atoms with Gasteiger partial charge in [-0.05, 0) is 24.8 Å². The molecule has 0 bridgehead atoms. The molecule has 0 saturated carbocycles. The van der Waals surface area contributed by atoms with Crippen molar-refractivity contribution in [2.75, 3.05) is 0 Å². The van der Waals surface area contributed by atoms with Crippen molar-refractivity contribution < 1.29 is 4.79 Å². The van der Waals surface area contributed by atoms with Gasteiger partial charge in [-0.3, -0.25) is 4.79 Å². The first-order valence-corrected chi connectivity index (χ1v) is 4.45. The number of carbonyl (C=O) groups excluding carboxylic acids is 1. The van der Waals surface area contributed by atoms with Crippen LogP contribution in [0.15, 0.2) is 11.1 Å². The summed E-state index contributed by atoms with van der Waals surface area (Å²) in [5, 5.41) is 0. The number of carbonyl (C=O) groups is 1. The average molecular weight is 166 g/mol. The van der Waals surface area contributed by atoms with Crippen molar-refractivity contribution >= 4 is 5.78 Å². The maximum absolute atomic E-state index is 11.8. The molecule has 0 spiro atoms. The van der Waals surface area contributed by atoms with Crippen molar-refractivity contribution in [1.82, 2.24) is 0 Å². The standard InChI is InChI=1S/C11H18O/c1-7-8(2)10(3,4)11(5,6)9(7)12/h1-6H3. The summed E-state index contributed by atoms with van der Waals surface area (Å²) in [5.74, 6) is 0.310. The first-order chi connectivity index (χ1) is 5.23. The number of ketones is 1. The monoisotopic (exact) mass is 166 g/mol. The Labute approximate surface area is 74.9 Å². The molecule has 12 heavy (non-hydrogen) atoms. The summed E-state index contributed by atoms with van der Waals surface area (Å²) < 4.78 is 0. The molecular formula is C11H18O. The van der Waals surface area contributed by atoms with Gasteiger partial charge in [-0.25, -0.2) is 0 Å². The van der Waals surface area contributed by atoms with Crippen molar-refractivity contribution in [3.63, 3.8) is 0 Å². The van der Waals surface area contributed by atoms with Crippen molar-refractivity contribution in [2.45, 2.75) is 41.5 Å². The summed E-state index contributed by atoms with van der Waals surface area (Å²) in [6.07, 6.45) is 0. The third kappa shape index (κ3) is 0.825. The van der Waals surface area contributed by atoms with Crippen LogP contribution >= 0.6 is 0 Å². The van der Waals surface area contributed by atoms with E-state index >= 15 is 0 Å². The number of hydrogen-bond acceptors (Lipinski definition) is 1. The molecule has 0 saturated heterocycles. The van der Waals surface area contributed by atoms with Crippen LogP contribution in [-0.4, -0.2) is 5.78 Å². The summed E-state index contributed by atoms with van der Waals surface area (Å²) in [4.78, 5) is 11.8. The Kier molecular flexibility index (Phi) is 1.75. The van der Waals surface area contributed by atoms with E-state index < -0.39 is 0 Å². The zero-order chi connectivity index (χ0) is 9.73. The molecule has 1 rings (SSSR count). The fraction of sp³-hybridized carbons (Fsp3) is 0.727. The third-order valence-electron chi connectivity index (χ3n) is 3.97. The number of Topliss-reactive ketones (excluding diaryl/α,β-unsaturated/α-hetero) is 1. The second kappa shape index (κ2) is 2.21. The highest BCUT2D eigenvalue weighted by Gasteiger charge is 2.50. The lowest BCUT2D eigenvalue weighted by Gasteiger charge is -2.35. The second-order valence-electron chi connectivity index (χ2n) is 4.83. The van der Waals surface area contributed by atoms with Crippen molar-refractivity contribution in [3.05, 3.63) is 11.1 Å². The molecule has 0 fully saturated rings. The molecule has 1 aliphatic rings.